The summed E-state index contributed by atoms with van der Waals surface area (Å²) in [6, 6.07) is 0. The third kappa shape index (κ3) is 37.2. The first kappa shape index (κ1) is 49.5. The van der Waals surface area contributed by atoms with E-state index in [1.807, 2.05) is 27.2 Å². The second kappa shape index (κ2) is 34.2. The molecule has 0 heterocycles. The number of carbonyl (C=O) groups excluding carboxylic acids is 2. The molecule has 298 valence electrons. The number of unbranched alkanes of at least 4 members (excludes halogenated alkanes) is 8. The van der Waals surface area contributed by atoms with E-state index >= 15 is 0 Å². The molecule has 1 N–H and O–H groups in total. The van der Waals surface area contributed by atoms with Crippen LogP contribution in [0.4, 0.5) is 0 Å². The standard InChI is InChI=1S/C42H72NO8P/c1-6-8-10-12-14-16-18-19-20-21-22-23-25-27-29-31-33-35-42(45)51-40(39-50-52(46,47)49-37-36-43(3,4)5)38-48-41(44)34-32-30-28-26-24-17-15-13-11-9-7-2/h8,10,13-16,19-20,22-23,27,29,40H,6-7,9,11-12,17-18,21,24-26,28,30-39H2,1-5H3/p+1/b10-8-,15-13-,16-14-,20-19-,23-22-,29-27-. The van der Waals surface area contributed by atoms with Crippen molar-refractivity contribution in [2.45, 2.75) is 136 Å². The van der Waals surface area contributed by atoms with Crippen LogP contribution in [0, 0.1) is 0 Å². The van der Waals surface area contributed by atoms with Crippen molar-refractivity contribution in [2.75, 3.05) is 47.5 Å². The number of phosphoric acid groups is 1. The molecule has 0 aromatic heterocycles. The molecular formula is C42H73NO8P+. The lowest BCUT2D eigenvalue weighted by Crippen LogP contribution is -2.37. The number of hydrogen-bond acceptors (Lipinski definition) is 7. The highest BCUT2D eigenvalue weighted by Gasteiger charge is 2.27. The fourth-order valence-corrected chi connectivity index (χ4v) is 5.36. The van der Waals surface area contributed by atoms with Gasteiger partial charge in [-0.2, -0.15) is 0 Å². The Morgan fingerprint density at radius 3 is 1.71 bits per heavy atom. The molecule has 2 unspecified atom stereocenters. The maximum Gasteiger partial charge on any atom is 0.472 e. The van der Waals surface area contributed by atoms with E-state index in [4.69, 9.17) is 18.5 Å². The van der Waals surface area contributed by atoms with Gasteiger partial charge in [-0.3, -0.25) is 18.6 Å². The molecule has 0 rings (SSSR count). The Kier molecular flexibility index (Phi) is 32.6. The van der Waals surface area contributed by atoms with Gasteiger partial charge in [-0.05, 0) is 70.6 Å². The highest BCUT2D eigenvalue weighted by atomic mass is 31.2. The van der Waals surface area contributed by atoms with E-state index in [9.17, 15) is 19.0 Å². The van der Waals surface area contributed by atoms with E-state index in [0.29, 0.717) is 30.3 Å². The van der Waals surface area contributed by atoms with E-state index in [1.165, 1.54) is 12.8 Å². The maximum atomic E-state index is 12.6. The average Bonchev–Trinajstić information content (AvgIpc) is 3.09. The van der Waals surface area contributed by atoms with Crippen molar-refractivity contribution in [3.8, 4) is 0 Å². The van der Waals surface area contributed by atoms with Crippen molar-refractivity contribution in [3.05, 3.63) is 72.9 Å². The first-order chi connectivity index (χ1) is 25.0. The molecule has 0 radical (unpaired) electrons. The molecule has 0 aliphatic rings. The summed E-state index contributed by atoms with van der Waals surface area (Å²) in [4.78, 5) is 35.2. The van der Waals surface area contributed by atoms with Crippen LogP contribution in [0.2, 0.25) is 0 Å². The van der Waals surface area contributed by atoms with Gasteiger partial charge in [-0.15, -0.1) is 0 Å². The van der Waals surface area contributed by atoms with Gasteiger partial charge in [-0.25, -0.2) is 4.57 Å². The third-order valence-electron chi connectivity index (χ3n) is 7.72. The molecule has 52 heavy (non-hydrogen) atoms. The van der Waals surface area contributed by atoms with Crippen molar-refractivity contribution < 1.29 is 42.1 Å². The van der Waals surface area contributed by atoms with E-state index in [-0.39, 0.29) is 26.1 Å². The molecule has 0 aromatic rings. The molecule has 0 spiro atoms. The number of carbonyl (C=O) groups is 2. The predicted octanol–water partition coefficient (Wildman–Crippen LogP) is 10.7. The molecule has 0 aliphatic carbocycles. The van der Waals surface area contributed by atoms with Crippen LogP contribution in [0.5, 0.6) is 0 Å². The zero-order valence-corrected chi connectivity index (χ0v) is 34.2. The van der Waals surface area contributed by atoms with E-state index in [2.05, 4.69) is 80.7 Å². The van der Waals surface area contributed by atoms with Gasteiger partial charge in [0.25, 0.3) is 0 Å². The topological polar surface area (TPSA) is 108 Å². The van der Waals surface area contributed by atoms with Crippen LogP contribution >= 0.6 is 7.82 Å². The van der Waals surface area contributed by atoms with E-state index in [0.717, 1.165) is 70.6 Å². The van der Waals surface area contributed by atoms with Gasteiger partial charge in [0.2, 0.25) is 0 Å². The summed E-state index contributed by atoms with van der Waals surface area (Å²) in [6.07, 6.45) is 41.0. The quantitative estimate of drug-likeness (QED) is 0.0228. The van der Waals surface area contributed by atoms with Crippen LogP contribution in [0.1, 0.15) is 129 Å². The summed E-state index contributed by atoms with van der Waals surface area (Å²) in [5.41, 5.74) is 0. The first-order valence-electron chi connectivity index (χ1n) is 19.7. The molecule has 10 heteroatoms. The Labute approximate surface area is 317 Å². The van der Waals surface area contributed by atoms with Gasteiger partial charge in [0.1, 0.15) is 19.8 Å². The van der Waals surface area contributed by atoms with Crippen molar-refractivity contribution in [2.24, 2.45) is 0 Å². The number of phosphoric ester groups is 1. The second-order valence-electron chi connectivity index (χ2n) is 13.9. The second-order valence-corrected chi connectivity index (χ2v) is 15.4. The molecule has 0 bridgehead atoms. The molecule has 0 fully saturated rings. The number of nitrogens with zero attached hydrogens (tertiary/aromatic N) is 1. The van der Waals surface area contributed by atoms with Crippen LogP contribution < -0.4 is 0 Å². The molecule has 0 saturated carbocycles. The fraction of sp³-hybridized carbons (Fsp3) is 0.667. The minimum absolute atomic E-state index is 0.0160. The number of allylic oxidation sites excluding steroid dienone is 12. The van der Waals surface area contributed by atoms with Gasteiger partial charge < -0.3 is 18.9 Å². The van der Waals surface area contributed by atoms with Gasteiger partial charge >= 0.3 is 19.8 Å². The number of rotatable bonds is 34. The van der Waals surface area contributed by atoms with Crippen molar-refractivity contribution in [3.63, 3.8) is 0 Å². The van der Waals surface area contributed by atoms with E-state index in [1.54, 1.807) is 0 Å². The lowest BCUT2D eigenvalue weighted by Gasteiger charge is -2.24. The van der Waals surface area contributed by atoms with Crippen LogP contribution in [0.15, 0.2) is 72.9 Å². The summed E-state index contributed by atoms with van der Waals surface area (Å²) in [6.45, 7) is 4.15. The van der Waals surface area contributed by atoms with Crippen LogP contribution in [0.25, 0.3) is 0 Å². The van der Waals surface area contributed by atoms with Crippen molar-refractivity contribution in [1.82, 2.24) is 0 Å². The van der Waals surface area contributed by atoms with Crippen molar-refractivity contribution >= 4 is 19.8 Å². The monoisotopic (exact) mass is 751 g/mol. The predicted molar refractivity (Wildman–Crippen MR) is 215 cm³/mol. The Morgan fingerprint density at radius 1 is 0.615 bits per heavy atom. The molecule has 0 aliphatic heterocycles. The number of esters is 2. The molecule has 0 amide bonds. The average molecular weight is 751 g/mol. The lowest BCUT2D eigenvalue weighted by atomic mass is 10.1. The number of quaternary nitrogens is 1. The largest absolute Gasteiger partial charge is 0.472 e. The van der Waals surface area contributed by atoms with Gasteiger partial charge in [0.15, 0.2) is 6.10 Å². The molecule has 0 saturated heterocycles. The highest BCUT2D eigenvalue weighted by Crippen LogP contribution is 2.43. The summed E-state index contributed by atoms with van der Waals surface area (Å²) < 4.78 is 34.1. The zero-order valence-electron chi connectivity index (χ0n) is 33.3. The third-order valence-corrected chi connectivity index (χ3v) is 8.70. The Morgan fingerprint density at radius 2 is 1.12 bits per heavy atom. The normalized spacial score (nSPS) is 14.5. The zero-order chi connectivity index (χ0) is 38.6. The maximum absolute atomic E-state index is 12.6. The van der Waals surface area contributed by atoms with Crippen LogP contribution in [-0.4, -0.2) is 74.9 Å². The fourth-order valence-electron chi connectivity index (χ4n) is 4.62. The molecular weight excluding hydrogens is 677 g/mol. The van der Waals surface area contributed by atoms with E-state index < -0.39 is 32.5 Å². The number of hydrogen-bond donors (Lipinski definition) is 1. The minimum Gasteiger partial charge on any atom is -0.462 e. The highest BCUT2D eigenvalue weighted by molar-refractivity contribution is 7.47. The summed E-state index contributed by atoms with van der Waals surface area (Å²) in [7, 11) is 1.42. The summed E-state index contributed by atoms with van der Waals surface area (Å²) in [5.74, 6) is -0.888. The number of ether oxygens (including phenoxy) is 2. The van der Waals surface area contributed by atoms with Gasteiger partial charge in [-0.1, -0.05) is 119 Å². The van der Waals surface area contributed by atoms with Crippen molar-refractivity contribution in [1.29, 1.82) is 0 Å². The van der Waals surface area contributed by atoms with Gasteiger partial charge in [0, 0.05) is 12.8 Å². The molecule has 0 aromatic carbocycles. The molecule has 9 nitrogen and oxygen atoms in total. The first-order valence-corrected chi connectivity index (χ1v) is 21.2. The van der Waals surface area contributed by atoms with Crippen LogP contribution in [-0.2, 0) is 32.7 Å². The molecule has 2 atom stereocenters. The SMILES string of the molecule is CC/C=C\C/C=C\C/C=C\C/C=C\C/C=C\CCCC(=O)OC(COC(=O)CCCCCCC/C=C\CCCC)COP(=O)(O)OCC[N+](C)(C)C. The smallest absolute Gasteiger partial charge is 0.462 e. The minimum atomic E-state index is -4.39. The Hall–Kier alpha value is -2.55. The van der Waals surface area contributed by atoms with Crippen LogP contribution in [0.3, 0.4) is 0 Å². The van der Waals surface area contributed by atoms with Gasteiger partial charge in [0.05, 0.1) is 27.7 Å². The number of likely N-dealkylation sites (N-methyl/N-ethyl adjacent to an activating group) is 1. The Balaban J connectivity index is 4.56. The Bertz CT molecular complexity index is 1120. The summed E-state index contributed by atoms with van der Waals surface area (Å²) in [5, 5.41) is 0. The lowest BCUT2D eigenvalue weighted by molar-refractivity contribution is -0.870. The summed E-state index contributed by atoms with van der Waals surface area (Å²) >= 11 is 0.